The van der Waals surface area contributed by atoms with Gasteiger partial charge >= 0.3 is 0 Å². The van der Waals surface area contributed by atoms with E-state index in [2.05, 4.69) is 26.0 Å². The Morgan fingerprint density at radius 2 is 2.29 bits per heavy atom. The topological polar surface area (TPSA) is 20.2 Å². The van der Waals surface area contributed by atoms with Crippen molar-refractivity contribution in [3.8, 4) is 0 Å². The van der Waals surface area contributed by atoms with Crippen molar-refractivity contribution in [3.05, 3.63) is 23.8 Å². The first-order chi connectivity index (χ1) is 6.51. The smallest absolute Gasteiger partial charge is 0.0695 e. The molecule has 0 aliphatic heterocycles. The predicted molar refractivity (Wildman–Crippen MR) is 58.9 cm³/mol. The number of rotatable bonds is 2. The number of hydrogen-bond donors (Lipinski definition) is 1. The SMILES string of the molecule is CC(O)/C=C/C1=CCC2CC1C2(C)C. The molecule has 1 saturated carbocycles. The van der Waals surface area contributed by atoms with Crippen LogP contribution in [0.1, 0.15) is 33.6 Å². The number of allylic oxidation sites excluding steroid dienone is 3. The van der Waals surface area contributed by atoms with E-state index in [-0.39, 0.29) is 6.10 Å². The summed E-state index contributed by atoms with van der Waals surface area (Å²) in [5, 5.41) is 9.20. The van der Waals surface area contributed by atoms with E-state index < -0.39 is 0 Å². The van der Waals surface area contributed by atoms with Crippen LogP contribution in [0.25, 0.3) is 0 Å². The fraction of sp³-hybridized carbons (Fsp3) is 0.692. The van der Waals surface area contributed by atoms with Crippen molar-refractivity contribution in [2.24, 2.45) is 17.3 Å². The maximum atomic E-state index is 9.20. The van der Waals surface area contributed by atoms with Gasteiger partial charge in [0.15, 0.2) is 0 Å². The molecule has 0 aromatic heterocycles. The monoisotopic (exact) mass is 192 g/mol. The molecule has 0 heterocycles. The molecule has 1 heteroatoms. The van der Waals surface area contributed by atoms with E-state index in [1.165, 1.54) is 18.4 Å². The Morgan fingerprint density at radius 3 is 2.79 bits per heavy atom. The minimum Gasteiger partial charge on any atom is -0.389 e. The Kier molecular flexibility index (Phi) is 2.30. The molecule has 1 N–H and O–H groups in total. The van der Waals surface area contributed by atoms with Crippen molar-refractivity contribution in [2.75, 3.05) is 0 Å². The highest BCUT2D eigenvalue weighted by molar-refractivity contribution is 5.32. The molecule has 1 nitrogen and oxygen atoms in total. The van der Waals surface area contributed by atoms with Crippen LogP contribution in [0, 0.1) is 17.3 Å². The van der Waals surface area contributed by atoms with Crippen LogP contribution >= 0.6 is 0 Å². The lowest BCUT2D eigenvalue weighted by Gasteiger charge is -2.56. The first kappa shape index (κ1) is 9.97. The second kappa shape index (κ2) is 3.23. The summed E-state index contributed by atoms with van der Waals surface area (Å²) >= 11 is 0. The summed E-state index contributed by atoms with van der Waals surface area (Å²) in [4.78, 5) is 0. The standard InChI is InChI=1S/C13H20O/c1-9(14)4-5-10-6-7-11-8-12(10)13(11,2)3/h4-6,9,11-12,14H,7-8H2,1-3H3/b5-4+. The van der Waals surface area contributed by atoms with E-state index >= 15 is 0 Å². The van der Waals surface area contributed by atoms with Gasteiger partial charge in [0.2, 0.25) is 0 Å². The minimum atomic E-state index is -0.322. The van der Waals surface area contributed by atoms with E-state index in [0.717, 1.165) is 11.8 Å². The van der Waals surface area contributed by atoms with Crippen LogP contribution in [0.3, 0.4) is 0 Å². The molecule has 3 unspecified atom stereocenters. The third kappa shape index (κ3) is 1.44. The summed E-state index contributed by atoms with van der Waals surface area (Å²) in [6.45, 7) is 6.54. The molecule has 0 aromatic carbocycles. The van der Waals surface area contributed by atoms with Gasteiger partial charge in [-0.3, -0.25) is 0 Å². The average Bonchev–Trinajstić information content (AvgIpc) is 2.14. The molecule has 3 aliphatic rings. The molecule has 0 spiro atoms. The summed E-state index contributed by atoms with van der Waals surface area (Å²) < 4.78 is 0. The Bertz CT molecular complexity index is 284. The molecule has 3 atom stereocenters. The Labute approximate surface area is 86.5 Å². The van der Waals surface area contributed by atoms with Crippen LogP contribution in [0.2, 0.25) is 0 Å². The van der Waals surface area contributed by atoms with E-state index in [9.17, 15) is 5.11 Å². The molecule has 3 aliphatic carbocycles. The lowest BCUT2D eigenvalue weighted by atomic mass is 9.49. The van der Waals surface area contributed by atoms with Crippen LogP contribution in [-0.4, -0.2) is 11.2 Å². The Hall–Kier alpha value is -0.560. The van der Waals surface area contributed by atoms with E-state index in [1.807, 2.05) is 6.08 Å². The van der Waals surface area contributed by atoms with Gasteiger partial charge in [0, 0.05) is 0 Å². The van der Waals surface area contributed by atoms with Crippen molar-refractivity contribution in [1.29, 1.82) is 0 Å². The fourth-order valence-electron chi connectivity index (χ4n) is 2.84. The van der Waals surface area contributed by atoms with Crippen LogP contribution < -0.4 is 0 Å². The molecule has 0 saturated heterocycles. The third-order valence-electron chi connectivity index (χ3n) is 4.08. The molecule has 0 aromatic rings. The number of aliphatic hydroxyl groups is 1. The minimum absolute atomic E-state index is 0.322. The fourth-order valence-corrected chi connectivity index (χ4v) is 2.84. The zero-order valence-electron chi connectivity index (χ0n) is 9.33. The van der Waals surface area contributed by atoms with Crippen molar-refractivity contribution >= 4 is 0 Å². The first-order valence-corrected chi connectivity index (χ1v) is 5.58. The molecular formula is C13H20O. The van der Waals surface area contributed by atoms with Crippen LogP contribution in [0.4, 0.5) is 0 Å². The summed E-state index contributed by atoms with van der Waals surface area (Å²) in [5.74, 6) is 1.63. The maximum Gasteiger partial charge on any atom is 0.0695 e. The zero-order chi connectivity index (χ0) is 10.3. The van der Waals surface area contributed by atoms with Gasteiger partial charge < -0.3 is 5.11 Å². The van der Waals surface area contributed by atoms with Crippen LogP contribution in [-0.2, 0) is 0 Å². The van der Waals surface area contributed by atoms with Crippen molar-refractivity contribution in [1.82, 2.24) is 0 Å². The Morgan fingerprint density at radius 1 is 1.57 bits per heavy atom. The zero-order valence-corrected chi connectivity index (χ0v) is 9.33. The number of hydrogen-bond acceptors (Lipinski definition) is 1. The lowest BCUT2D eigenvalue weighted by Crippen LogP contribution is -2.47. The summed E-state index contributed by atoms with van der Waals surface area (Å²) in [5.41, 5.74) is 1.94. The summed E-state index contributed by atoms with van der Waals surface area (Å²) in [6.07, 6.45) is 8.61. The van der Waals surface area contributed by atoms with Gasteiger partial charge in [0.25, 0.3) is 0 Å². The average molecular weight is 192 g/mol. The molecule has 78 valence electrons. The molecule has 3 rings (SSSR count). The van der Waals surface area contributed by atoms with Crippen molar-refractivity contribution in [3.63, 3.8) is 0 Å². The van der Waals surface area contributed by atoms with Gasteiger partial charge in [0.05, 0.1) is 6.10 Å². The van der Waals surface area contributed by atoms with Gasteiger partial charge in [-0.25, -0.2) is 0 Å². The van der Waals surface area contributed by atoms with Gasteiger partial charge in [-0.2, -0.15) is 0 Å². The van der Waals surface area contributed by atoms with E-state index in [4.69, 9.17) is 0 Å². The van der Waals surface area contributed by atoms with Crippen molar-refractivity contribution < 1.29 is 5.11 Å². The molecule has 0 amide bonds. The van der Waals surface area contributed by atoms with Crippen molar-refractivity contribution in [2.45, 2.75) is 39.7 Å². The maximum absolute atomic E-state index is 9.20. The number of fused-ring (bicyclic) bond motifs is 1. The highest BCUT2D eigenvalue weighted by Gasteiger charge is 2.50. The second-order valence-corrected chi connectivity index (χ2v) is 5.35. The van der Waals surface area contributed by atoms with Gasteiger partial charge in [-0.1, -0.05) is 32.1 Å². The largest absolute Gasteiger partial charge is 0.389 e. The normalized spacial score (nSPS) is 36.4. The van der Waals surface area contributed by atoms with Gasteiger partial charge in [0.1, 0.15) is 0 Å². The molecule has 14 heavy (non-hydrogen) atoms. The van der Waals surface area contributed by atoms with Crippen LogP contribution in [0.5, 0.6) is 0 Å². The summed E-state index contributed by atoms with van der Waals surface area (Å²) in [6, 6.07) is 0. The molecule has 2 bridgehead atoms. The Balaban J connectivity index is 2.11. The van der Waals surface area contributed by atoms with E-state index in [1.54, 1.807) is 6.92 Å². The predicted octanol–water partition coefficient (Wildman–Crippen LogP) is 2.92. The quantitative estimate of drug-likeness (QED) is 0.713. The van der Waals surface area contributed by atoms with Crippen LogP contribution in [0.15, 0.2) is 23.8 Å². The lowest BCUT2D eigenvalue weighted by molar-refractivity contribution is -0.00336. The van der Waals surface area contributed by atoms with Gasteiger partial charge in [-0.05, 0) is 42.6 Å². The summed E-state index contributed by atoms with van der Waals surface area (Å²) in [7, 11) is 0. The number of aliphatic hydroxyl groups excluding tert-OH is 1. The second-order valence-electron chi connectivity index (χ2n) is 5.35. The highest BCUT2D eigenvalue weighted by atomic mass is 16.3. The first-order valence-electron chi connectivity index (χ1n) is 5.58. The van der Waals surface area contributed by atoms with E-state index in [0.29, 0.717) is 5.41 Å². The highest BCUT2D eigenvalue weighted by Crippen LogP contribution is 2.59. The van der Waals surface area contributed by atoms with Gasteiger partial charge in [-0.15, -0.1) is 0 Å². The molecule has 0 radical (unpaired) electrons. The third-order valence-corrected chi connectivity index (χ3v) is 4.08. The molecule has 1 fully saturated rings. The molecular weight excluding hydrogens is 172 g/mol.